The number of thiazole rings is 1. The highest BCUT2D eigenvalue weighted by atomic mass is 32.1. The highest BCUT2D eigenvalue weighted by Gasteiger charge is 2.06. The SMILES string of the molecule is COC(=O)NCc1ncc(/C(N)=C/N(C)N)s1. The quantitative estimate of drug-likeness (QED) is 0.520. The van der Waals surface area contributed by atoms with E-state index in [0.717, 1.165) is 9.88 Å². The molecule has 0 unspecified atom stereocenters. The second-order valence-electron chi connectivity index (χ2n) is 3.21. The van der Waals surface area contributed by atoms with E-state index >= 15 is 0 Å². The van der Waals surface area contributed by atoms with Crippen molar-refractivity contribution in [1.82, 2.24) is 15.3 Å². The Morgan fingerprint density at radius 2 is 2.47 bits per heavy atom. The van der Waals surface area contributed by atoms with Crippen molar-refractivity contribution in [2.24, 2.45) is 11.6 Å². The van der Waals surface area contributed by atoms with Gasteiger partial charge in [-0.3, -0.25) is 0 Å². The van der Waals surface area contributed by atoms with Crippen molar-refractivity contribution in [1.29, 1.82) is 0 Å². The van der Waals surface area contributed by atoms with Crippen LogP contribution in [-0.2, 0) is 11.3 Å². The number of hydrogen-bond donors (Lipinski definition) is 3. The number of hydrazine groups is 1. The zero-order valence-electron chi connectivity index (χ0n) is 9.64. The maximum absolute atomic E-state index is 10.9. The van der Waals surface area contributed by atoms with E-state index in [2.05, 4.69) is 15.0 Å². The molecule has 0 spiro atoms. The normalized spacial score (nSPS) is 11.1. The number of hydrogen-bond acceptors (Lipinski definition) is 7. The van der Waals surface area contributed by atoms with Gasteiger partial charge >= 0.3 is 6.09 Å². The molecule has 94 valence electrons. The van der Waals surface area contributed by atoms with Crippen molar-refractivity contribution in [3.8, 4) is 0 Å². The van der Waals surface area contributed by atoms with Crippen LogP contribution >= 0.6 is 11.3 Å². The van der Waals surface area contributed by atoms with Gasteiger partial charge in [0.25, 0.3) is 0 Å². The maximum atomic E-state index is 10.9. The van der Waals surface area contributed by atoms with Gasteiger partial charge in [-0.15, -0.1) is 11.3 Å². The van der Waals surface area contributed by atoms with E-state index in [4.69, 9.17) is 11.6 Å². The molecule has 0 bridgehead atoms. The largest absolute Gasteiger partial charge is 0.453 e. The van der Waals surface area contributed by atoms with Gasteiger partial charge in [0.05, 0.1) is 24.2 Å². The molecule has 0 aromatic carbocycles. The minimum atomic E-state index is -0.494. The van der Waals surface area contributed by atoms with Crippen LogP contribution in [0.15, 0.2) is 12.4 Å². The smallest absolute Gasteiger partial charge is 0.407 e. The topological polar surface area (TPSA) is 106 Å². The van der Waals surface area contributed by atoms with Crippen LogP contribution in [0.3, 0.4) is 0 Å². The number of methoxy groups -OCH3 is 1. The molecule has 0 atom stereocenters. The Kier molecular flexibility index (Phi) is 4.73. The Morgan fingerprint density at radius 1 is 1.76 bits per heavy atom. The predicted molar refractivity (Wildman–Crippen MR) is 65.5 cm³/mol. The lowest BCUT2D eigenvalue weighted by molar-refractivity contribution is 0.170. The minimum Gasteiger partial charge on any atom is -0.453 e. The van der Waals surface area contributed by atoms with Crippen LogP contribution in [0.2, 0.25) is 0 Å². The average molecular weight is 257 g/mol. The highest BCUT2D eigenvalue weighted by Crippen LogP contribution is 2.18. The Balaban J connectivity index is 2.62. The van der Waals surface area contributed by atoms with Gasteiger partial charge < -0.3 is 20.8 Å². The molecule has 1 rings (SSSR count). The van der Waals surface area contributed by atoms with E-state index in [0.29, 0.717) is 12.2 Å². The molecule has 0 fully saturated rings. The number of nitrogens with two attached hydrogens (primary N) is 2. The number of carbonyl (C=O) groups is 1. The molecule has 8 heteroatoms. The van der Waals surface area contributed by atoms with E-state index in [9.17, 15) is 4.79 Å². The third kappa shape index (κ3) is 4.29. The maximum Gasteiger partial charge on any atom is 0.407 e. The first kappa shape index (κ1) is 13.3. The third-order valence-corrected chi connectivity index (χ3v) is 2.80. The molecule has 5 N–H and O–H groups in total. The highest BCUT2D eigenvalue weighted by molar-refractivity contribution is 7.12. The van der Waals surface area contributed by atoms with Crippen LogP contribution in [0.4, 0.5) is 4.79 Å². The van der Waals surface area contributed by atoms with Gasteiger partial charge in [-0.1, -0.05) is 0 Å². The van der Waals surface area contributed by atoms with E-state index in [-0.39, 0.29) is 0 Å². The summed E-state index contributed by atoms with van der Waals surface area (Å²) in [6.07, 6.45) is 2.73. The lowest BCUT2D eigenvalue weighted by Gasteiger charge is -2.05. The third-order valence-electron chi connectivity index (χ3n) is 1.75. The van der Waals surface area contributed by atoms with Crippen molar-refractivity contribution in [2.75, 3.05) is 14.2 Å². The Labute approximate surface area is 103 Å². The summed E-state index contributed by atoms with van der Waals surface area (Å²) in [7, 11) is 2.98. The number of alkyl carbamates (subject to hydrolysis) is 1. The van der Waals surface area contributed by atoms with Crippen LogP contribution in [0.1, 0.15) is 9.88 Å². The summed E-state index contributed by atoms with van der Waals surface area (Å²) in [5, 5.41) is 4.63. The number of rotatable bonds is 4. The summed E-state index contributed by atoms with van der Waals surface area (Å²) in [6.45, 7) is 0.309. The molecular formula is C9H15N5O2S. The summed E-state index contributed by atoms with van der Waals surface area (Å²) in [4.78, 5) is 15.8. The molecule has 0 saturated heterocycles. The average Bonchev–Trinajstić information content (AvgIpc) is 2.73. The molecule has 1 aromatic rings. The fourth-order valence-electron chi connectivity index (χ4n) is 1.03. The van der Waals surface area contributed by atoms with E-state index < -0.39 is 6.09 Å². The first-order chi connectivity index (χ1) is 8.02. The molecule has 0 aliphatic heterocycles. The zero-order chi connectivity index (χ0) is 12.8. The Bertz CT molecular complexity index is 415. The standard InChI is InChI=1S/C9H15N5O2S/c1-14(11)5-6(10)7-3-12-8(17-7)4-13-9(15)16-2/h3,5H,4,10-11H2,1-2H3,(H,13,15)/b6-5-. The van der Waals surface area contributed by atoms with Crippen LogP contribution in [-0.4, -0.2) is 30.2 Å². The number of ether oxygens (including phenoxy) is 1. The summed E-state index contributed by atoms with van der Waals surface area (Å²) >= 11 is 1.38. The summed E-state index contributed by atoms with van der Waals surface area (Å²) in [5.74, 6) is 5.44. The molecule has 0 saturated carbocycles. The molecule has 1 heterocycles. The second kappa shape index (κ2) is 6.06. The fraction of sp³-hybridized carbons (Fsp3) is 0.333. The summed E-state index contributed by atoms with van der Waals surface area (Å²) < 4.78 is 4.45. The predicted octanol–water partition coefficient (Wildman–Crippen LogP) is 0.0617. The van der Waals surface area contributed by atoms with Crippen LogP contribution < -0.4 is 16.9 Å². The monoisotopic (exact) mass is 257 g/mol. The van der Waals surface area contributed by atoms with Crippen molar-refractivity contribution < 1.29 is 9.53 Å². The van der Waals surface area contributed by atoms with Crippen LogP contribution in [0, 0.1) is 0 Å². The van der Waals surface area contributed by atoms with Crippen molar-refractivity contribution in [3.05, 3.63) is 22.3 Å². The van der Waals surface area contributed by atoms with Gasteiger partial charge in [-0.05, 0) is 0 Å². The van der Waals surface area contributed by atoms with Crippen molar-refractivity contribution >= 4 is 23.1 Å². The van der Waals surface area contributed by atoms with Gasteiger partial charge in [-0.2, -0.15) is 0 Å². The first-order valence-electron chi connectivity index (χ1n) is 4.74. The van der Waals surface area contributed by atoms with Crippen LogP contribution in [0.25, 0.3) is 5.70 Å². The number of amides is 1. The summed E-state index contributed by atoms with van der Waals surface area (Å²) in [5.41, 5.74) is 6.31. The molecule has 0 radical (unpaired) electrons. The van der Waals surface area contributed by atoms with Gasteiger partial charge in [-0.25, -0.2) is 15.6 Å². The van der Waals surface area contributed by atoms with Gasteiger partial charge in [0.15, 0.2) is 0 Å². The van der Waals surface area contributed by atoms with E-state index in [1.54, 1.807) is 19.4 Å². The Hall–Kier alpha value is -1.80. The van der Waals surface area contributed by atoms with Crippen LogP contribution in [0.5, 0.6) is 0 Å². The molecule has 17 heavy (non-hydrogen) atoms. The lowest BCUT2D eigenvalue weighted by Crippen LogP contribution is -2.22. The van der Waals surface area contributed by atoms with E-state index in [1.807, 2.05) is 0 Å². The van der Waals surface area contributed by atoms with Gasteiger partial charge in [0.1, 0.15) is 5.01 Å². The lowest BCUT2D eigenvalue weighted by atomic mass is 10.4. The summed E-state index contributed by atoms with van der Waals surface area (Å²) in [6, 6.07) is 0. The number of nitrogens with zero attached hydrogens (tertiary/aromatic N) is 2. The molecule has 1 aromatic heterocycles. The van der Waals surface area contributed by atoms with E-state index in [1.165, 1.54) is 23.5 Å². The van der Waals surface area contributed by atoms with Gasteiger partial charge in [0, 0.05) is 19.4 Å². The number of nitrogens with one attached hydrogen (secondary N) is 1. The fourth-order valence-corrected chi connectivity index (χ4v) is 1.81. The Morgan fingerprint density at radius 3 is 3.06 bits per heavy atom. The molecule has 1 amide bonds. The molecule has 0 aliphatic rings. The van der Waals surface area contributed by atoms with Crippen molar-refractivity contribution in [2.45, 2.75) is 6.54 Å². The number of carbonyl (C=O) groups excluding carboxylic acids is 1. The first-order valence-corrected chi connectivity index (χ1v) is 5.56. The molecule has 7 nitrogen and oxygen atoms in total. The number of aromatic nitrogens is 1. The minimum absolute atomic E-state index is 0.309. The molecule has 0 aliphatic carbocycles. The van der Waals surface area contributed by atoms with Gasteiger partial charge in [0.2, 0.25) is 0 Å². The zero-order valence-corrected chi connectivity index (χ0v) is 10.5. The molecular weight excluding hydrogens is 242 g/mol. The second-order valence-corrected chi connectivity index (χ2v) is 4.33. The van der Waals surface area contributed by atoms with Crippen molar-refractivity contribution in [3.63, 3.8) is 0 Å².